The first-order valence-electron chi connectivity index (χ1n) is 6.07. The molecule has 0 radical (unpaired) electrons. The van der Waals surface area contributed by atoms with Gasteiger partial charge >= 0.3 is 0 Å². The van der Waals surface area contributed by atoms with E-state index in [1.165, 1.54) is 11.8 Å². The molecular formula is C14H19NO2S2. The lowest BCUT2D eigenvalue weighted by molar-refractivity contribution is -0.119. The molecule has 3 nitrogen and oxygen atoms in total. The molecule has 19 heavy (non-hydrogen) atoms. The molecule has 0 saturated carbocycles. The quantitative estimate of drug-likeness (QED) is 0.621. The van der Waals surface area contributed by atoms with E-state index in [-0.39, 0.29) is 17.7 Å². The fourth-order valence-corrected chi connectivity index (χ4v) is 2.59. The zero-order valence-electron chi connectivity index (χ0n) is 11.4. The Morgan fingerprint density at radius 1 is 1.16 bits per heavy atom. The van der Waals surface area contributed by atoms with Gasteiger partial charge in [0.15, 0.2) is 5.78 Å². The molecule has 1 aromatic carbocycles. The molecule has 0 saturated heterocycles. The Bertz CT molecular complexity index is 430. The van der Waals surface area contributed by atoms with Crippen molar-refractivity contribution in [3.8, 4) is 0 Å². The number of rotatable bonds is 7. The minimum absolute atomic E-state index is 0.0227. The summed E-state index contributed by atoms with van der Waals surface area (Å²) in [5.41, 5.74) is 0.703. The number of hydrogen-bond acceptors (Lipinski definition) is 4. The highest BCUT2D eigenvalue weighted by Crippen LogP contribution is 2.16. The molecule has 1 amide bonds. The Morgan fingerprint density at radius 3 is 2.32 bits per heavy atom. The number of Topliss-reactive ketones (excluding diaryl/α,β-unsaturated/α-hetero) is 1. The summed E-state index contributed by atoms with van der Waals surface area (Å²) in [5, 5.41) is 2.80. The largest absolute Gasteiger partial charge is 0.353 e. The summed E-state index contributed by atoms with van der Waals surface area (Å²) in [5.74, 6) is 0.706. The number of carbonyl (C=O) groups excluding carboxylic acids is 2. The Balaban J connectivity index is 2.36. The molecule has 0 aliphatic carbocycles. The number of amides is 1. The molecule has 0 aromatic heterocycles. The minimum Gasteiger partial charge on any atom is -0.353 e. The van der Waals surface area contributed by atoms with Crippen LogP contribution in [0.25, 0.3) is 0 Å². The summed E-state index contributed by atoms with van der Waals surface area (Å²) < 4.78 is 0. The molecule has 104 valence electrons. The van der Waals surface area contributed by atoms with Gasteiger partial charge < -0.3 is 5.32 Å². The van der Waals surface area contributed by atoms with Crippen LogP contribution in [0, 0.1) is 0 Å². The molecule has 0 unspecified atom stereocenters. The van der Waals surface area contributed by atoms with Gasteiger partial charge in [-0.15, -0.1) is 23.5 Å². The van der Waals surface area contributed by atoms with Gasteiger partial charge in [0.2, 0.25) is 5.91 Å². The summed E-state index contributed by atoms with van der Waals surface area (Å²) in [6, 6.07) is 7.69. The lowest BCUT2D eigenvalue weighted by Gasteiger charge is -2.07. The molecular weight excluding hydrogens is 278 g/mol. The maximum Gasteiger partial charge on any atom is 0.230 e. The number of nitrogens with one attached hydrogen (secondary N) is 1. The van der Waals surface area contributed by atoms with Crippen LogP contribution in [0.3, 0.4) is 0 Å². The monoisotopic (exact) mass is 297 g/mol. The van der Waals surface area contributed by atoms with Gasteiger partial charge in [-0.25, -0.2) is 0 Å². The van der Waals surface area contributed by atoms with Gasteiger partial charge in [-0.3, -0.25) is 9.59 Å². The third-order valence-corrected chi connectivity index (χ3v) is 4.00. The Hall–Kier alpha value is -0.940. The molecule has 0 heterocycles. The van der Waals surface area contributed by atoms with Crippen LogP contribution in [-0.2, 0) is 4.79 Å². The molecule has 0 fully saturated rings. The topological polar surface area (TPSA) is 46.2 Å². The first-order valence-corrected chi connectivity index (χ1v) is 8.45. The van der Waals surface area contributed by atoms with Gasteiger partial charge in [0.25, 0.3) is 0 Å². The normalized spacial score (nSPS) is 10.5. The van der Waals surface area contributed by atoms with Crippen LogP contribution >= 0.6 is 23.5 Å². The van der Waals surface area contributed by atoms with Crippen molar-refractivity contribution in [2.75, 3.05) is 17.8 Å². The molecule has 0 aliphatic heterocycles. The van der Waals surface area contributed by atoms with Crippen molar-refractivity contribution in [1.29, 1.82) is 0 Å². The van der Waals surface area contributed by atoms with Crippen molar-refractivity contribution in [2.24, 2.45) is 0 Å². The minimum atomic E-state index is -0.0227. The van der Waals surface area contributed by atoms with Gasteiger partial charge in [-0.2, -0.15) is 0 Å². The summed E-state index contributed by atoms with van der Waals surface area (Å²) in [4.78, 5) is 24.4. The lowest BCUT2D eigenvalue weighted by Crippen LogP contribution is -2.31. The summed E-state index contributed by atoms with van der Waals surface area (Å²) >= 11 is 3.00. The van der Waals surface area contributed by atoms with E-state index in [1.54, 1.807) is 11.8 Å². The van der Waals surface area contributed by atoms with E-state index in [9.17, 15) is 9.59 Å². The lowest BCUT2D eigenvalue weighted by atomic mass is 10.1. The first-order chi connectivity index (χ1) is 9.02. The average Bonchev–Trinajstić information content (AvgIpc) is 2.37. The second kappa shape index (κ2) is 8.27. The molecule has 0 aliphatic rings. The van der Waals surface area contributed by atoms with Crippen molar-refractivity contribution in [1.82, 2.24) is 5.32 Å². The van der Waals surface area contributed by atoms with Crippen molar-refractivity contribution >= 4 is 35.2 Å². The predicted octanol–water partition coefficient (Wildman–Crippen LogP) is 2.85. The number of carbonyl (C=O) groups is 2. The van der Waals surface area contributed by atoms with E-state index in [0.29, 0.717) is 17.1 Å². The second-order valence-corrected chi connectivity index (χ2v) is 6.23. The van der Waals surface area contributed by atoms with E-state index in [1.807, 2.05) is 44.4 Å². The summed E-state index contributed by atoms with van der Waals surface area (Å²) in [6.45, 7) is 3.84. The van der Waals surface area contributed by atoms with E-state index in [4.69, 9.17) is 0 Å². The van der Waals surface area contributed by atoms with Crippen LogP contribution in [0.15, 0.2) is 29.2 Å². The van der Waals surface area contributed by atoms with Crippen molar-refractivity contribution in [3.63, 3.8) is 0 Å². The van der Waals surface area contributed by atoms with E-state index in [2.05, 4.69) is 5.32 Å². The molecule has 0 atom stereocenters. The molecule has 1 aromatic rings. The SMILES string of the molecule is CSc1ccc(C(=O)CSCC(=O)NC(C)C)cc1. The van der Waals surface area contributed by atoms with Gasteiger partial charge in [-0.1, -0.05) is 12.1 Å². The maximum atomic E-state index is 11.9. The third-order valence-electron chi connectivity index (χ3n) is 2.33. The molecule has 0 spiro atoms. The highest BCUT2D eigenvalue weighted by molar-refractivity contribution is 8.00. The zero-order chi connectivity index (χ0) is 14.3. The molecule has 0 bridgehead atoms. The Kier molecular flexibility index (Phi) is 7.02. The average molecular weight is 297 g/mol. The number of benzene rings is 1. The third kappa shape index (κ3) is 6.16. The zero-order valence-corrected chi connectivity index (χ0v) is 13.1. The van der Waals surface area contributed by atoms with Crippen LogP contribution in [0.5, 0.6) is 0 Å². The van der Waals surface area contributed by atoms with Crippen LogP contribution in [-0.4, -0.2) is 35.5 Å². The van der Waals surface area contributed by atoms with Crippen LogP contribution in [0.1, 0.15) is 24.2 Å². The summed E-state index contributed by atoms with van der Waals surface area (Å²) in [6.07, 6.45) is 2.00. The van der Waals surface area contributed by atoms with Crippen molar-refractivity contribution in [3.05, 3.63) is 29.8 Å². The number of hydrogen-bond donors (Lipinski definition) is 1. The van der Waals surface area contributed by atoms with Crippen LogP contribution in [0.4, 0.5) is 0 Å². The van der Waals surface area contributed by atoms with Gasteiger partial charge in [0, 0.05) is 16.5 Å². The number of thioether (sulfide) groups is 2. The van der Waals surface area contributed by atoms with Crippen molar-refractivity contribution < 1.29 is 9.59 Å². The van der Waals surface area contributed by atoms with E-state index < -0.39 is 0 Å². The highest BCUT2D eigenvalue weighted by atomic mass is 32.2. The van der Waals surface area contributed by atoms with Gasteiger partial charge in [0.05, 0.1) is 11.5 Å². The molecule has 1 rings (SSSR count). The van der Waals surface area contributed by atoms with Gasteiger partial charge in [0.1, 0.15) is 0 Å². The smallest absolute Gasteiger partial charge is 0.230 e. The van der Waals surface area contributed by atoms with Gasteiger partial charge in [-0.05, 0) is 32.2 Å². The predicted molar refractivity (Wildman–Crippen MR) is 83.2 cm³/mol. The molecule has 5 heteroatoms. The van der Waals surface area contributed by atoms with Crippen molar-refractivity contribution in [2.45, 2.75) is 24.8 Å². The summed E-state index contributed by atoms with van der Waals surface area (Å²) in [7, 11) is 0. The second-order valence-electron chi connectivity index (χ2n) is 4.37. The first kappa shape index (κ1) is 16.1. The standard InChI is InChI=1S/C14H19NO2S2/c1-10(2)15-14(17)9-19-8-13(16)11-4-6-12(18-3)7-5-11/h4-7,10H,8-9H2,1-3H3,(H,15,17). The van der Waals surface area contributed by atoms with Crippen LogP contribution in [0.2, 0.25) is 0 Å². The van der Waals surface area contributed by atoms with E-state index in [0.717, 1.165) is 4.90 Å². The molecule has 1 N–H and O–H groups in total. The Labute approximate surface area is 122 Å². The number of ketones is 1. The van der Waals surface area contributed by atoms with Crippen LogP contribution < -0.4 is 5.32 Å². The Morgan fingerprint density at radius 2 is 1.79 bits per heavy atom. The van der Waals surface area contributed by atoms with E-state index >= 15 is 0 Å². The highest BCUT2D eigenvalue weighted by Gasteiger charge is 2.08. The maximum absolute atomic E-state index is 11.9. The fraction of sp³-hybridized carbons (Fsp3) is 0.429. The fourth-order valence-electron chi connectivity index (χ4n) is 1.46.